The first kappa shape index (κ1) is 11.0. The van der Waals surface area contributed by atoms with Crippen LogP contribution in [0.5, 0.6) is 0 Å². The van der Waals surface area contributed by atoms with E-state index in [1.165, 1.54) is 0 Å². The molecule has 1 atom stereocenters. The summed E-state index contributed by atoms with van der Waals surface area (Å²) in [6.45, 7) is 2.20. The number of alkyl halides is 1. The van der Waals surface area contributed by atoms with Crippen LogP contribution in [-0.2, 0) is 9.53 Å². The number of hydrogen-bond donors (Lipinski definition) is 1. The van der Waals surface area contributed by atoms with Gasteiger partial charge < -0.3 is 10.1 Å². The lowest BCUT2D eigenvalue weighted by atomic mass is 10.3. The molecule has 0 fully saturated rings. The number of benzene rings is 1. The van der Waals surface area contributed by atoms with Crippen LogP contribution in [0, 0.1) is 0 Å². The van der Waals surface area contributed by atoms with Crippen molar-refractivity contribution < 1.29 is 9.53 Å². The fourth-order valence-corrected chi connectivity index (χ4v) is 1.12. The number of ether oxygens (including phenoxy) is 1. The number of hydrogen-bond acceptors (Lipinski definition) is 2. The van der Waals surface area contributed by atoms with Gasteiger partial charge >= 0.3 is 0 Å². The van der Waals surface area contributed by atoms with Gasteiger partial charge in [-0.25, -0.2) is 0 Å². The summed E-state index contributed by atoms with van der Waals surface area (Å²) in [7, 11) is 0. The van der Waals surface area contributed by atoms with E-state index in [4.69, 9.17) is 16.3 Å². The van der Waals surface area contributed by atoms with Crippen LogP contribution in [0.2, 0.25) is 0 Å². The Balaban J connectivity index is 2.49. The lowest BCUT2D eigenvalue weighted by Crippen LogP contribution is -2.25. The van der Waals surface area contributed by atoms with Crippen LogP contribution in [0.4, 0.5) is 5.69 Å². The Kier molecular flexibility index (Phi) is 4.43. The number of rotatable bonds is 4. The molecule has 76 valence electrons. The van der Waals surface area contributed by atoms with E-state index in [0.717, 1.165) is 0 Å². The Bertz CT molecular complexity index is 289. The first-order valence-electron chi connectivity index (χ1n) is 4.35. The average Bonchev–Trinajstić information content (AvgIpc) is 2.19. The zero-order valence-electron chi connectivity index (χ0n) is 7.87. The lowest BCUT2D eigenvalue weighted by molar-refractivity contribution is -0.122. The standard InChI is InChI=1S/C10H12ClNO2/c1-2-14-9(11)10(13)12-8-6-4-3-5-7-8/h3-7,9H,2H2,1H3,(H,12,13). The molecule has 0 aromatic heterocycles. The minimum absolute atomic E-state index is 0.347. The summed E-state index contributed by atoms with van der Waals surface area (Å²) in [5.41, 5.74) is -0.219. The summed E-state index contributed by atoms with van der Waals surface area (Å²) < 4.78 is 4.93. The van der Waals surface area contributed by atoms with E-state index in [0.29, 0.717) is 12.3 Å². The Morgan fingerprint density at radius 2 is 2.14 bits per heavy atom. The Labute approximate surface area is 88.0 Å². The number of nitrogens with one attached hydrogen (secondary N) is 1. The van der Waals surface area contributed by atoms with E-state index in [1.807, 2.05) is 18.2 Å². The maximum absolute atomic E-state index is 11.3. The first-order chi connectivity index (χ1) is 6.74. The van der Waals surface area contributed by atoms with E-state index in [9.17, 15) is 4.79 Å². The quantitative estimate of drug-likeness (QED) is 0.779. The zero-order valence-corrected chi connectivity index (χ0v) is 8.62. The molecule has 1 unspecified atom stereocenters. The number of carbonyl (C=O) groups is 1. The largest absolute Gasteiger partial charge is 0.354 e. The Hall–Kier alpha value is -1.06. The van der Waals surface area contributed by atoms with Crippen LogP contribution in [0.25, 0.3) is 0 Å². The fraction of sp³-hybridized carbons (Fsp3) is 0.300. The van der Waals surface area contributed by atoms with Crippen molar-refractivity contribution >= 4 is 23.2 Å². The van der Waals surface area contributed by atoms with Gasteiger partial charge in [-0.15, -0.1) is 0 Å². The molecule has 1 N–H and O–H groups in total. The van der Waals surface area contributed by atoms with E-state index < -0.39 is 5.56 Å². The highest BCUT2D eigenvalue weighted by atomic mass is 35.5. The van der Waals surface area contributed by atoms with Gasteiger partial charge in [0.15, 0.2) is 0 Å². The van der Waals surface area contributed by atoms with E-state index >= 15 is 0 Å². The molecule has 3 nitrogen and oxygen atoms in total. The molecular weight excluding hydrogens is 202 g/mol. The Morgan fingerprint density at radius 3 is 2.71 bits per heavy atom. The maximum Gasteiger partial charge on any atom is 0.269 e. The summed E-state index contributed by atoms with van der Waals surface area (Å²) in [6, 6.07) is 9.11. The molecule has 4 heteroatoms. The molecule has 0 bridgehead atoms. The second-order valence-electron chi connectivity index (χ2n) is 2.63. The third-order valence-corrected chi connectivity index (χ3v) is 1.88. The summed E-state index contributed by atoms with van der Waals surface area (Å²) in [4.78, 5) is 11.3. The molecule has 0 heterocycles. The minimum Gasteiger partial charge on any atom is -0.354 e. The fourth-order valence-electron chi connectivity index (χ4n) is 0.942. The van der Waals surface area contributed by atoms with Crippen molar-refractivity contribution in [3.63, 3.8) is 0 Å². The highest BCUT2D eigenvalue weighted by Gasteiger charge is 2.14. The average molecular weight is 214 g/mol. The first-order valence-corrected chi connectivity index (χ1v) is 4.79. The molecule has 1 amide bonds. The zero-order chi connectivity index (χ0) is 10.4. The van der Waals surface area contributed by atoms with Gasteiger partial charge in [-0.05, 0) is 19.1 Å². The molecule has 0 aliphatic rings. The van der Waals surface area contributed by atoms with Gasteiger partial charge in [0.2, 0.25) is 5.56 Å². The molecule has 0 aliphatic heterocycles. The van der Waals surface area contributed by atoms with Crippen LogP contribution in [0.1, 0.15) is 6.92 Å². The molecular formula is C10H12ClNO2. The summed E-state index contributed by atoms with van der Waals surface area (Å²) >= 11 is 5.65. The number of anilines is 1. The second-order valence-corrected chi connectivity index (χ2v) is 3.02. The molecule has 1 aromatic rings. The molecule has 0 aliphatic carbocycles. The van der Waals surface area contributed by atoms with Gasteiger partial charge in [0, 0.05) is 12.3 Å². The van der Waals surface area contributed by atoms with Crippen molar-refractivity contribution in [2.24, 2.45) is 0 Å². The van der Waals surface area contributed by atoms with Crippen LogP contribution < -0.4 is 5.32 Å². The van der Waals surface area contributed by atoms with E-state index in [1.54, 1.807) is 19.1 Å². The highest BCUT2D eigenvalue weighted by Crippen LogP contribution is 2.08. The Morgan fingerprint density at radius 1 is 1.50 bits per heavy atom. The topological polar surface area (TPSA) is 38.3 Å². The highest BCUT2D eigenvalue weighted by molar-refractivity contribution is 6.31. The third kappa shape index (κ3) is 3.36. The maximum atomic E-state index is 11.3. The lowest BCUT2D eigenvalue weighted by Gasteiger charge is -2.09. The SMILES string of the molecule is CCOC(Cl)C(=O)Nc1ccccc1. The van der Waals surface area contributed by atoms with Crippen molar-refractivity contribution in [2.45, 2.75) is 12.5 Å². The van der Waals surface area contributed by atoms with Gasteiger partial charge in [0.1, 0.15) is 0 Å². The molecule has 0 saturated heterocycles. The van der Waals surface area contributed by atoms with Crippen LogP contribution in [-0.4, -0.2) is 18.1 Å². The van der Waals surface area contributed by atoms with Crippen LogP contribution in [0.15, 0.2) is 30.3 Å². The minimum atomic E-state index is -0.930. The van der Waals surface area contributed by atoms with E-state index in [-0.39, 0.29) is 5.91 Å². The molecule has 0 radical (unpaired) electrons. The second kappa shape index (κ2) is 5.62. The normalized spacial score (nSPS) is 12.1. The van der Waals surface area contributed by atoms with Gasteiger partial charge in [-0.1, -0.05) is 29.8 Å². The number of para-hydroxylation sites is 1. The summed E-state index contributed by atoms with van der Waals surface area (Å²) in [5, 5.41) is 2.63. The van der Waals surface area contributed by atoms with Gasteiger partial charge in [0.05, 0.1) is 0 Å². The van der Waals surface area contributed by atoms with Crippen molar-refractivity contribution in [3.8, 4) is 0 Å². The monoisotopic (exact) mass is 213 g/mol. The van der Waals surface area contributed by atoms with Gasteiger partial charge in [-0.3, -0.25) is 4.79 Å². The molecule has 0 saturated carbocycles. The molecule has 0 spiro atoms. The molecule has 1 rings (SSSR count). The number of halogens is 1. The third-order valence-electron chi connectivity index (χ3n) is 1.56. The predicted molar refractivity (Wildman–Crippen MR) is 56.3 cm³/mol. The van der Waals surface area contributed by atoms with Gasteiger partial charge in [-0.2, -0.15) is 0 Å². The number of carbonyl (C=O) groups excluding carboxylic acids is 1. The number of amides is 1. The molecule has 1 aromatic carbocycles. The smallest absolute Gasteiger partial charge is 0.269 e. The van der Waals surface area contributed by atoms with Crippen LogP contribution in [0.3, 0.4) is 0 Å². The van der Waals surface area contributed by atoms with Gasteiger partial charge in [0.25, 0.3) is 5.91 Å². The van der Waals surface area contributed by atoms with Crippen molar-refractivity contribution in [1.29, 1.82) is 0 Å². The van der Waals surface area contributed by atoms with Crippen molar-refractivity contribution in [3.05, 3.63) is 30.3 Å². The van der Waals surface area contributed by atoms with Crippen molar-refractivity contribution in [1.82, 2.24) is 0 Å². The summed E-state index contributed by atoms with van der Waals surface area (Å²) in [5.74, 6) is -0.347. The summed E-state index contributed by atoms with van der Waals surface area (Å²) in [6.07, 6.45) is 0. The predicted octanol–water partition coefficient (Wildman–Crippen LogP) is 2.23. The van der Waals surface area contributed by atoms with Crippen molar-refractivity contribution in [2.75, 3.05) is 11.9 Å². The van der Waals surface area contributed by atoms with Crippen LogP contribution >= 0.6 is 11.6 Å². The molecule has 14 heavy (non-hydrogen) atoms. The van der Waals surface area contributed by atoms with E-state index in [2.05, 4.69) is 5.32 Å².